The summed E-state index contributed by atoms with van der Waals surface area (Å²) in [6.07, 6.45) is 2.38. The molecule has 0 N–H and O–H groups in total. The Morgan fingerprint density at radius 2 is 1.41 bits per heavy atom. The fraction of sp³-hybridized carbons (Fsp3) is 0.167. The molecule has 0 aliphatic carbocycles. The number of hydrogen-bond acceptors (Lipinski definition) is 6. The van der Waals surface area contributed by atoms with Crippen LogP contribution < -0.4 is 23.8 Å². The molecule has 0 spiro atoms. The van der Waals surface area contributed by atoms with Crippen molar-refractivity contribution in [3.8, 4) is 0 Å². The molecule has 1 heterocycles. The van der Waals surface area contributed by atoms with Crippen LogP contribution in [0.2, 0.25) is 0 Å². The van der Waals surface area contributed by atoms with E-state index in [1.54, 1.807) is 23.5 Å². The summed E-state index contributed by atoms with van der Waals surface area (Å²) < 4.78 is 34.0. The van der Waals surface area contributed by atoms with Gasteiger partial charge in [0.2, 0.25) is 0 Å². The van der Waals surface area contributed by atoms with Crippen molar-refractivity contribution in [2.24, 2.45) is 0 Å². The molecule has 4 nitrogen and oxygen atoms in total. The van der Waals surface area contributed by atoms with Gasteiger partial charge in [0.1, 0.15) is 0 Å². The zero-order valence-electron chi connectivity index (χ0n) is 18.0. The normalized spacial score (nSPS) is 12.6. The molecule has 0 atom stereocenters. The number of para-hydroxylation sites is 3. The molecule has 0 saturated carbocycles. The largest absolute Gasteiger partial charge is 1.00 e. The minimum Gasteiger partial charge on any atom is -0.748 e. The van der Waals surface area contributed by atoms with Gasteiger partial charge < -0.3 is 9.45 Å². The van der Waals surface area contributed by atoms with Crippen LogP contribution in [-0.2, 0) is 10.1 Å². The summed E-state index contributed by atoms with van der Waals surface area (Å²) in [5.41, 5.74) is 6.74. The third-order valence-electron chi connectivity index (χ3n) is 5.00. The molecule has 160 valence electrons. The van der Waals surface area contributed by atoms with E-state index in [1.165, 1.54) is 0 Å². The van der Waals surface area contributed by atoms with Gasteiger partial charge in [-0.1, -0.05) is 54.6 Å². The van der Waals surface area contributed by atoms with E-state index < -0.39 is 10.1 Å². The molecule has 0 fully saturated rings. The zero-order valence-corrected chi connectivity index (χ0v) is 20.5. The molecule has 0 aromatic heterocycles. The first-order valence-electron chi connectivity index (χ1n) is 9.88. The first-order chi connectivity index (χ1) is 15.0. The van der Waals surface area contributed by atoms with Crippen LogP contribution in [0.5, 0.6) is 0 Å². The molecule has 0 saturated heterocycles. The Labute approximate surface area is 210 Å². The Kier molecular flexibility index (Phi) is 8.62. The van der Waals surface area contributed by atoms with Gasteiger partial charge in [0.05, 0.1) is 21.5 Å². The minimum absolute atomic E-state index is 0. The summed E-state index contributed by atoms with van der Waals surface area (Å²) in [6.45, 7) is 0. The average Bonchev–Trinajstić information content (AvgIpc) is 2.78. The fourth-order valence-electron chi connectivity index (χ4n) is 3.74. The predicted octanol–water partition coefficient (Wildman–Crippen LogP) is 3.22. The number of benzene rings is 3. The van der Waals surface area contributed by atoms with E-state index in [0.717, 1.165) is 38.0 Å². The van der Waals surface area contributed by atoms with Crippen LogP contribution in [0.25, 0.3) is 5.57 Å². The fourth-order valence-corrected chi connectivity index (χ4v) is 6.41. The summed E-state index contributed by atoms with van der Waals surface area (Å²) in [4.78, 5) is 2.28. The Hall–Kier alpha value is -1.59. The Morgan fingerprint density at radius 1 is 0.875 bits per heavy atom. The summed E-state index contributed by atoms with van der Waals surface area (Å²) in [5, 5.41) is 0. The summed E-state index contributed by atoms with van der Waals surface area (Å²) in [6, 6.07) is 27.0. The number of thioether (sulfide) groups is 2. The van der Waals surface area contributed by atoms with Gasteiger partial charge in [-0.25, -0.2) is 8.42 Å². The van der Waals surface area contributed by atoms with Gasteiger partial charge >= 0.3 is 18.9 Å². The molecule has 32 heavy (non-hydrogen) atoms. The number of hydrogen-bond donors (Lipinski definition) is 0. The molecule has 3 aromatic rings. The average molecular weight is 476 g/mol. The smallest absolute Gasteiger partial charge is 0.748 e. The maximum atomic E-state index is 11.0. The molecule has 1 aliphatic heterocycles. The van der Waals surface area contributed by atoms with Crippen molar-refractivity contribution < 1.29 is 31.8 Å². The standard InChI is InChI=1S/C24H23NO3S3.Li/c1-29-24(30-16-9-17-31(26,27)28)23-19-12-5-7-14-21(19)25(18-10-3-2-4-11-18)22-15-8-6-13-20(22)23;/h2-8,10-15H,9,16-17H2,1H3,(H,26,27,28);/q;+1/p-1. The minimum atomic E-state index is -4.18. The van der Waals surface area contributed by atoms with Crippen LogP contribution in [-0.4, -0.2) is 30.7 Å². The number of rotatable bonds is 7. The van der Waals surface area contributed by atoms with Gasteiger partial charge in [-0.15, -0.1) is 23.5 Å². The third-order valence-corrected chi connectivity index (χ3v) is 8.18. The molecule has 3 aromatic carbocycles. The van der Waals surface area contributed by atoms with Gasteiger partial charge in [-0.3, -0.25) is 0 Å². The monoisotopic (exact) mass is 475 g/mol. The molecular weight excluding hydrogens is 453 g/mol. The molecule has 4 rings (SSSR count). The van der Waals surface area contributed by atoms with Gasteiger partial charge in [-0.05, 0) is 42.7 Å². The van der Waals surface area contributed by atoms with E-state index in [9.17, 15) is 13.0 Å². The number of fused-ring (bicyclic) bond motifs is 2. The maximum absolute atomic E-state index is 11.0. The molecule has 0 radical (unpaired) electrons. The van der Waals surface area contributed by atoms with Crippen molar-refractivity contribution in [3.05, 3.63) is 94.2 Å². The van der Waals surface area contributed by atoms with Gasteiger partial charge in [0.15, 0.2) is 0 Å². The maximum Gasteiger partial charge on any atom is 1.00 e. The molecule has 0 unspecified atom stereocenters. The second kappa shape index (κ2) is 11.0. The van der Waals surface area contributed by atoms with Gasteiger partial charge in [0, 0.05) is 32.4 Å². The number of nitrogens with zero attached hydrogens (tertiary/aromatic N) is 1. The molecule has 0 bridgehead atoms. The summed E-state index contributed by atoms with van der Waals surface area (Å²) in [7, 11) is -4.18. The molecular formula is C24H22LiNO3S3. The van der Waals surface area contributed by atoms with E-state index in [0.29, 0.717) is 12.2 Å². The van der Waals surface area contributed by atoms with E-state index in [-0.39, 0.29) is 24.6 Å². The van der Waals surface area contributed by atoms with Crippen LogP contribution in [0.4, 0.5) is 17.1 Å². The quantitative estimate of drug-likeness (QED) is 0.232. The second-order valence-corrected chi connectivity index (χ2v) is 10.7. The Bertz CT molecular complexity index is 1160. The zero-order chi connectivity index (χ0) is 21.8. The summed E-state index contributed by atoms with van der Waals surface area (Å²) >= 11 is 3.27. The summed E-state index contributed by atoms with van der Waals surface area (Å²) in [5.74, 6) is 0.250. The van der Waals surface area contributed by atoms with Crippen LogP contribution >= 0.6 is 23.5 Å². The van der Waals surface area contributed by atoms with Gasteiger partial charge in [0.25, 0.3) is 0 Å². The Morgan fingerprint density at radius 3 is 1.94 bits per heavy atom. The van der Waals surface area contributed by atoms with Crippen molar-refractivity contribution in [2.75, 3.05) is 22.7 Å². The van der Waals surface area contributed by atoms with Crippen molar-refractivity contribution in [1.82, 2.24) is 0 Å². The third kappa shape index (κ3) is 5.48. The molecule has 1 aliphatic rings. The molecule has 0 amide bonds. The van der Waals surface area contributed by atoms with Crippen molar-refractivity contribution in [1.29, 1.82) is 0 Å². The number of anilines is 3. The first-order valence-corrected chi connectivity index (χ1v) is 13.7. The van der Waals surface area contributed by atoms with E-state index in [4.69, 9.17) is 0 Å². The van der Waals surface area contributed by atoms with Gasteiger partial charge in [-0.2, -0.15) is 0 Å². The van der Waals surface area contributed by atoms with Crippen LogP contribution in [0.1, 0.15) is 17.5 Å². The SMILES string of the molecule is CSC(SCCCS(=O)(=O)[O-])=C1c2ccccc2N(c2ccccc2)c2ccccc21.[Li+]. The topological polar surface area (TPSA) is 60.4 Å². The Balaban J connectivity index is 0.00000289. The van der Waals surface area contributed by atoms with Crippen molar-refractivity contribution >= 4 is 56.3 Å². The van der Waals surface area contributed by atoms with E-state index >= 15 is 0 Å². The van der Waals surface area contributed by atoms with E-state index in [2.05, 4.69) is 41.3 Å². The second-order valence-electron chi connectivity index (χ2n) is 7.04. The van der Waals surface area contributed by atoms with Crippen LogP contribution in [0.15, 0.2) is 83.1 Å². The van der Waals surface area contributed by atoms with Crippen LogP contribution in [0, 0.1) is 0 Å². The first kappa shape index (κ1) is 25.0. The molecule has 8 heteroatoms. The van der Waals surface area contributed by atoms with E-state index in [1.807, 2.05) is 48.7 Å². The van der Waals surface area contributed by atoms with Crippen molar-refractivity contribution in [2.45, 2.75) is 6.42 Å². The van der Waals surface area contributed by atoms with Crippen LogP contribution in [0.3, 0.4) is 0 Å². The van der Waals surface area contributed by atoms with Crippen molar-refractivity contribution in [3.63, 3.8) is 0 Å². The predicted molar refractivity (Wildman–Crippen MR) is 132 cm³/mol.